The smallest absolute Gasteiger partial charge is 0.259 e. The van der Waals surface area contributed by atoms with Crippen molar-refractivity contribution in [2.75, 3.05) is 5.32 Å². The quantitative estimate of drug-likeness (QED) is 0.651. The highest BCUT2D eigenvalue weighted by atomic mass is 127. The summed E-state index contributed by atoms with van der Waals surface area (Å²) in [6.45, 7) is 0. The molecule has 3 nitrogen and oxygen atoms in total. The number of carbonyl (C=O) groups is 1. The molecule has 0 fully saturated rings. The average molecular weight is 452 g/mol. The number of halogens is 3. The van der Waals surface area contributed by atoms with Crippen LogP contribution in [0.25, 0.3) is 0 Å². The summed E-state index contributed by atoms with van der Waals surface area (Å²) in [6, 6.07) is 9.89. The van der Waals surface area contributed by atoms with E-state index in [-0.39, 0.29) is 17.2 Å². The topological polar surface area (TPSA) is 49.3 Å². The number of amides is 1. The number of rotatable bonds is 2. The molecular weight excluding hydrogens is 444 g/mol. The molecule has 1 amide bonds. The number of anilines is 1. The number of aromatic hydroxyl groups is 1. The molecule has 2 aromatic rings. The molecule has 0 bridgehead atoms. The highest BCUT2D eigenvalue weighted by Gasteiger charge is 2.12. The van der Waals surface area contributed by atoms with E-state index in [0.717, 1.165) is 3.57 Å². The van der Waals surface area contributed by atoms with Crippen LogP contribution in [0.15, 0.2) is 40.9 Å². The highest BCUT2D eigenvalue weighted by molar-refractivity contribution is 14.1. The van der Waals surface area contributed by atoms with Crippen LogP contribution in [-0.2, 0) is 0 Å². The lowest BCUT2D eigenvalue weighted by Gasteiger charge is -2.09. The lowest BCUT2D eigenvalue weighted by molar-refractivity contribution is 0.102. The Morgan fingerprint density at radius 1 is 1.26 bits per heavy atom. The number of hydrogen-bond donors (Lipinski definition) is 2. The molecule has 19 heavy (non-hydrogen) atoms. The Kier molecular flexibility index (Phi) is 4.70. The third kappa shape index (κ3) is 3.61. The predicted octanol–water partition coefficient (Wildman–Crippen LogP) is 4.67. The molecule has 0 saturated heterocycles. The van der Waals surface area contributed by atoms with Crippen LogP contribution >= 0.6 is 50.1 Å². The Bertz CT molecular complexity index is 649. The summed E-state index contributed by atoms with van der Waals surface area (Å²) in [5, 5.41) is 13.1. The van der Waals surface area contributed by atoms with Crippen molar-refractivity contribution in [2.45, 2.75) is 0 Å². The Hall–Kier alpha value is -0.790. The monoisotopic (exact) mass is 451 g/mol. The largest absolute Gasteiger partial charge is 0.507 e. The Morgan fingerprint density at radius 2 is 2.00 bits per heavy atom. The zero-order valence-electron chi connectivity index (χ0n) is 9.45. The number of hydrogen-bond acceptors (Lipinski definition) is 2. The molecule has 0 spiro atoms. The summed E-state index contributed by atoms with van der Waals surface area (Å²) in [5.74, 6) is -0.443. The number of nitrogens with one attached hydrogen (secondary N) is 1. The van der Waals surface area contributed by atoms with Crippen LogP contribution in [0, 0.1) is 3.57 Å². The first-order valence-electron chi connectivity index (χ1n) is 5.22. The first-order chi connectivity index (χ1) is 8.97. The maximum Gasteiger partial charge on any atom is 0.259 e. The second-order valence-corrected chi connectivity index (χ2v) is 6.25. The van der Waals surface area contributed by atoms with Gasteiger partial charge in [0.2, 0.25) is 0 Å². The molecule has 2 rings (SSSR count). The first-order valence-corrected chi connectivity index (χ1v) is 7.47. The third-order valence-corrected chi connectivity index (χ3v) is 4.00. The highest BCUT2D eigenvalue weighted by Crippen LogP contribution is 2.26. The van der Waals surface area contributed by atoms with Gasteiger partial charge in [-0.1, -0.05) is 27.5 Å². The number of benzene rings is 2. The molecule has 0 saturated carbocycles. The van der Waals surface area contributed by atoms with Crippen LogP contribution in [0.4, 0.5) is 5.69 Å². The van der Waals surface area contributed by atoms with Gasteiger partial charge in [-0.2, -0.15) is 0 Å². The molecule has 0 aliphatic rings. The van der Waals surface area contributed by atoms with Crippen LogP contribution in [0.2, 0.25) is 5.02 Å². The molecular formula is C13H8BrClINO2. The van der Waals surface area contributed by atoms with Crippen molar-refractivity contribution < 1.29 is 9.90 Å². The SMILES string of the molecule is O=C(Nc1ccc(Cl)cc1I)c1ccc(Br)cc1O. The van der Waals surface area contributed by atoms with E-state index in [1.807, 2.05) is 0 Å². The van der Waals surface area contributed by atoms with Crippen LogP contribution < -0.4 is 5.32 Å². The van der Waals surface area contributed by atoms with Gasteiger partial charge in [-0.05, 0) is 59.0 Å². The van der Waals surface area contributed by atoms with E-state index in [1.165, 1.54) is 6.07 Å². The molecule has 2 aromatic carbocycles. The van der Waals surface area contributed by atoms with Crippen LogP contribution in [0.3, 0.4) is 0 Å². The molecule has 6 heteroatoms. The fourth-order valence-corrected chi connectivity index (χ4v) is 2.83. The van der Waals surface area contributed by atoms with Crippen molar-refractivity contribution >= 4 is 61.7 Å². The maximum atomic E-state index is 12.1. The second kappa shape index (κ2) is 6.11. The van der Waals surface area contributed by atoms with Gasteiger partial charge in [-0.25, -0.2) is 0 Å². The molecule has 0 unspecified atom stereocenters. The second-order valence-electron chi connectivity index (χ2n) is 3.74. The van der Waals surface area contributed by atoms with Crippen molar-refractivity contribution in [1.29, 1.82) is 0 Å². The van der Waals surface area contributed by atoms with Crippen molar-refractivity contribution in [2.24, 2.45) is 0 Å². The normalized spacial score (nSPS) is 10.3. The van der Waals surface area contributed by atoms with Gasteiger partial charge in [-0.3, -0.25) is 4.79 Å². The Balaban J connectivity index is 2.25. The zero-order chi connectivity index (χ0) is 14.0. The summed E-state index contributed by atoms with van der Waals surface area (Å²) in [4.78, 5) is 12.1. The lowest BCUT2D eigenvalue weighted by atomic mass is 10.2. The summed E-state index contributed by atoms with van der Waals surface area (Å²) in [7, 11) is 0. The van der Waals surface area contributed by atoms with Gasteiger partial charge in [0.1, 0.15) is 5.75 Å². The fraction of sp³-hybridized carbons (Fsp3) is 0. The Labute approximate surface area is 137 Å². The molecule has 0 aromatic heterocycles. The first kappa shape index (κ1) is 14.6. The van der Waals surface area contributed by atoms with E-state index in [1.54, 1.807) is 30.3 Å². The van der Waals surface area contributed by atoms with E-state index in [9.17, 15) is 9.90 Å². The average Bonchev–Trinajstić information content (AvgIpc) is 2.32. The van der Waals surface area contributed by atoms with E-state index < -0.39 is 0 Å². The molecule has 98 valence electrons. The van der Waals surface area contributed by atoms with Gasteiger partial charge in [-0.15, -0.1) is 0 Å². The maximum absolute atomic E-state index is 12.1. The van der Waals surface area contributed by atoms with Crippen LogP contribution in [-0.4, -0.2) is 11.0 Å². The number of carbonyl (C=O) groups excluding carboxylic acids is 1. The minimum Gasteiger partial charge on any atom is -0.507 e. The minimum absolute atomic E-state index is 0.0733. The van der Waals surface area contributed by atoms with Gasteiger partial charge in [0.25, 0.3) is 5.91 Å². The third-order valence-electron chi connectivity index (χ3n) is 2.38. The standard InChI is InChI=1S/C13H8BrClINO2/c14-7-1-3-9(12(18)5-7)13(19)17-11-4-2-8(15)6-10(11)16/h1-6,18H,(H,17,19). The van der Waals surface area contributed by atoms with Crippen LogP contribution in [0.5, 0.6) is 5.75 Å². The number of phenolic OH excluding ortho intramolecular Hbond substituents is 1. The zero-order valence-corrected chi connectivity index (χ0v) is 14.0. The molecule has 0 atom stereocenters. The van der Waals surface area contributed by atoms with Gasteiger partial charge >= 0.3 is 0 Å². The predicted molar refractivity (Wildman–Crippen MR) is 87.9 cm³/mol. The summed E-state index contributed by atoms with van der Waals surface area (Å²) in [6.07, 6.45) is 0. The van der Waals surface area contributed by atoms with Gasteiger partial charge in [0.15, 0.2) is 0 Å². The van der Waals surface area contributed by atoms with Crippen LogP contribution in [0.1, 0.15) is 10.4 Å². The molecule has 0 aliphatic carbocycles. The van der Waals surface area contributed by atoms with Crippen molar-refractivity contribution in [3.8, 4) is 5.75 Å². The molecule has 2 N–H and O–H groups in total. The molecule has 0 aliphatic heterocycles. The van der Waals surface area contributed by atoms with Crippen molar-refractivity contribution in [3.05, 3.63) is 55.0 Å². The van der Waals surface area contributed by atoms with E-state index in [2.05, 4.69) is 43.8 Å². The molecule has 0 heterocycles. The summed E-state index contributed by atoms with van der Waals surface area (Å²) in [5.41, 5.74) is 0.867. The lowest BCUT2D eigenvalue weighted by Crippen LogP contribution is -2.12. The minimum atomic E-state index is -0.370. The van der Waals surface area contributed by atoms with Gasteiger partial charge in [0, 0.05) is 13.1 Å². The van der Waals surface area contributed by atoms with E-state index in [0.29, 0.717) is 15.2 Å². The Morgan fingerprint density at radius 3 is 2.63 bits per heavy atom. The van der Waals surface area contributed by atoms with E-state index >= 15 is 0 Å². The van der Waals surface area contributed by atoms with Gasteiger partial charge in [0.05, 0.1) is 11.3 Å². The molecule has 0 radical (unpaired) electrons. The summed E-state index contributed by atoms with van der Waals surface area (Å²) < 4.78 is 1.54. The van der Waals surface area contributed by atoms with Crippen molar-refractivity contribution in [3.63, 3.8) is 0 Å². The summed E-state index contributed by atoms with van der Waals surface area (Å²) >= 11 is 11.2. The van der Waals surface area contributed by atoms with E-state index in [4.69, 9.17) is 11.6 Å². The van der Waals surface area contributed by atoms with Crippen molar-refractivity contribution in [1.82, 2.24) is 0 Å². The number of phenols is 1. The fourth-order valence-electron chi connectivity index (χ4n) is 1.48. The van der Waals surface area contributed by atoms with Gasteiger partial charge < -0.3 is 10.4 Å².